The van der Waals surface area contributed by atoms with Gasteiger partial charge in [-0.2, -0.15) is 10.1 Å². The standard InChI is InChI=1S/C29H33N5O3/c1-4-34-26(21-8-6-5-7-9-21)18-25(31-34)28-30-27(32-37-28)24-17-19(2)23(16-20(24)3)12-15-33-13-10-22(11-14-33)29(35)36/h5-9,16-18,22H,4,10-15H2,1-3H3,(H,35,36). The van der Waals surface area contributed by atoms with E-state index in [1.165, 1.54) is 11.1 Å². The topological polar surface area (TPSA) is 97.3 Å². The van der Waals surface area contributed by atoms with E-state index in [-0.39, 0.29) is 5.92 Å². The van der Waals surface area contributed by atoms with Crippen LogP contribution in [0.3, 0.4) is 0 Å². The van der Waals surface area contributed by atoms with Gasteiger partial charge in [0.05, 0.1) is 11.6 Å². The third kappa shape index (κ3) is 5.34. The zero-order valence-electron chi connectivity index (χ0n) is 21.6. The molecule has 5 rings (SSSR count). The summed E-state index contributed by atoms with van der Waals surface area (Å²) in [4.78, 5) is 18.3. The van der Waals surface area contributed by atoms with Crippen LogP contribution < -0.4 is 0 Å². The average Bonchev–Trinajstić information content (AvgIpc) is 3.57. The number of carboxylic acid groups (broad SMARTS) is 1. The van der Waals surface area contributed by atoms with Gasteiger partial charge in [-0.05, 0) is 87.5 Å². The van der Waals surface area contributed by atoms with E-state index in [0.717, 1.165) is 67.8 Å². The van der Waals surface area contributed by atoms with E-state index in [1.54, 1.807) is 0 Å². The highest BCUT2D eigenvalue weighted by Crippen LogP contribution is 2.29. The van der Waals surface area contributed by atoms with Crippen molar-refractivity contribution in [2.24, 2.45) is 5.92 Å². The van der Waals surface area contributed by atoms with E-state index in [1.807, 2.05) is 28.9 Å². The van der Waals surface area contributed by atoms with Gasteiger partial charge in [0.2, 0.25) is 5.82 Å². The lowest BCUT2D eigenvalue weighted by atomic mass is 9.95. The van der Waals surface area contributed by atoms with E-state index in [0.29, 0.717) is 17.4 Å². The number of carboxylic acids is 1. The SMILES string of the molecule is CCn1nc(-c2nc(-c3cc(C)c(CCN4CCC(C(=O)O)CC4)cc3C)no2)cc1-c1ccccc1. The second-order valence-electron chi connectivity index (χ2n) is 9.82. The maximum absolute atomic E-state index is 11.2. The molecule has 0 radical (unpaired) electrons. The third-order valence-corrected chi connectivity index (χ3v) is 7.35. The lowest BCUT2D eigenvalue weighted by Gasteiger charge is -2.30. The first kappa shape index (κ1) is 24.9. The third-order valence-electron chi connectivity index (χ3n) is 7.35. The number of hydrogen-bond donors (Lipinski definition) is 1. The minimum absolute atomic E-state index is 0.194. The van der Waals surface area contributed by atoms with Gasteiger partial charge in [-0.15, -0.1) is 0 Å². The van der Waals surface area contributed by atoms with Gasteiger partial charge >= 0.3 is 5.97 Å². The van der Waals surface area contributed by atoms with Crippen LogP contribution in [-0.4, -0.2) is 55.5 Å². The molecular formula is C29H33N5O3. The van der Waals surface area contributed by atoms with Crippen LogP contribution >= 0.6 is 0 Å². The van der Waals surface area contributed by atoms with Crippen LogP contribution in [-0.2, 0) is 17.8 Å². The molecule has 8 heteroatoms. The smallest absolute Gasteiger partial charge is 0.306 e. The van der Waals surface area contributed by atoms with Crippen LogP contribution in [0.4, 0.5) is 0 Å². The average molecular weight is 500 g/mol. The van der Waals surface area contributed by atoms with Crippen molar-refractivity contribution in [2.45, 2.75) is 46.6 Å². The molecule has 0 aliphatic carbocycles. The second kappa shape index (κ2) is 10.7. The summed E-state index contributed by atoms with van der Waals surface area (Å²) in [5, 5.41) is 18.2. The van der Waals surface area contributed by atoms with Gasteiger partial charge in [-0.1, -0.05) is 41.6 Å². The van der Waals surface area contributed by atoms with Gasteiger partial charge in [-0.3, -0.25) is 9.48 Å². The van der Waals surface area contributed by atoms with E-state index < -0.39 is 5.97 Å². The number of nitrogens with zero attached hydrogens (tertiary/aromatic N) is 5. The van der Waals surface area contributed by atoms with Gasteiger partial charge in [0.1, 0.15) is 0 Å². The Hall–Kier alpha value is -3.78. The molecule has 0 amide bonds. The van der Waals surface area contributed by atoms with Crippen LogP contribution in [0.25, 0.3) is 34.2 Å². The van der Waals surface area contributed by atoms with Gasteiger partial charge < -0.3 is 14.5 Å². The number of hydrogen-bond acceptors (Lipinski definition) is 6. The maximum atomic E-state index is 11.2. The number of carbonyl (C=O) groups is 1. The molecule has 192 valence electrons. The summed E-state index contributed by atoms with van der Waals surface area (Å²) in [7, 11) is 0. The quantitative estimate of drug-likeness (QED) is 0.354. The van der Waals surface area contributed by atoms with Crippen molar-refractivity contribution in [1.82, 2.24) is 24.8 Å². The molecule has 37 heavy (non-hydrogen) atoms. The Morgan fingerprint density at radius 2 is 1.84 bits per heavy atom. The molecule has 1 fully saturated rings. The molecule has 1 N–H and O–H groups in total. The fourth-order valence-corrected chi connectivity index (χ4v) is 5.11. The first-order valence-corrected chi connectivity index (χ1v) is 13.0. The molecule has 1 aliphatic heterocycles. The van der Waals surface area contributed by atoms with Crippen molar-refractivity contribution in [3.8, 4) is 34.2 Å². The summed E-state index contributed by atoms with van der Waals surface area (Å²) >= 11 is 0. The van der Waals surface area contributed by atoms with Gasteiger partial charge in [0, 0.05) is 18.7 Å². The van der Waals surface area contributed by atoms with Crippen LogP contribution in [0.15, 0.2) is 53.1 Å². The monoisotopic (exact) mass is 499 g/mol. The Morgan fingerprint density at radius 3 is 2.54 bits per heavy atom. The number of aromatic nitrogens is 4. The normalized spacial score (nSPS) is 14.8. The highest BCUT2D eigenvalue weighted by atomic mass is 16.5. The summed E-state index contributed by atoms with van der Waals surface area (Å²) in [5.74, 6) is 0.109. The molecule has 1 saturated heterocycles. The van der Waals surface area contributed by atoms with Crippen molar-refractivity contribution in [1.29, 1.82) is 0 Å². The Morgan fingerprint density at radius 1 is 1.08 bits per heavy atom. The molecule has 2 aromatic heterocycles. The minimum atomic E-state index is -0.665. The van der Waals surface area contributed by atoms with Crippen molar-refractivity contribution < 1.29 is 14.4 Å². The zero-order valence-corrected chi connectivity index (χ0v) is 21.6. The van der Waals surface area contributed by atoms with Crippen molar-refractivity contribution in [2.75, 3.05) is 19.6 Å². The predicted molar refractivity (Wildman–Crippen MR) is 142 cm³/mol. The molecule has 0 saturated carbocycles. The number of benzene rings is 2. The van der Waals surface area contributed by atoms with Gasteiger partial charge in [0.25, 0.3) is 5.89 Å². The minimum Gasteiger partial charge on any atom is -0.481 e. The first-order valence-electron chi connectivity index (χ1n) is 13.0. The summed E-state index contributed by atoms with van der Waals surface area (Å²) < 4.78 is 7.59. The lowest BCUT2D eigenvalue weighted by Crippen LogP contribution is -2.37. The van der Waals surface area contributed by atoms with E-state index in [4.69, 9.17) is 14.6 Å². The molecule has 8 nitrogen and oxygen atoms in total. The summed E-state index contributed by atoms with van der Waals surface area (Å²) in [6.07, 6.45) is 2.39. The van der Waals surface area contributed by atoms with E-state index in [2.05, 4.69) is 55.1 Å². The summed E-state index contributed by atoms with van der Waals surface area (Å²) in [6, 6.07) is 16.5. The van der Waals surface area contributed by atoms with Crippen LogP contribution in [0.1, 0.15) is 36.5 Å². The number of piperidine rings is 1. The van der Waals surface area contributed by atoms with E-state index in [9.17, 15) is 9.90 Å². The molecular weight excluding hydrogens is 466 g/mol. The maximum Gasteiger partial charge on any atom is 0.306 e. The molecule has 3 heterocycles. The second-order valence-corrected chi connectivity index (χ2v) is 9.82. The number of aliphatic carboxylic acids is 1. The van der Waals surface area contributed by atoms with Crippen molar-refractivity contribution in [3.63, 3.8) is 0 Å². The highest BCUT2D eigenvalue weighted by Gasteiger charge is 2.24. The largest absolute Gasteiger partial charge is 0.481 e. The summed E-state index contributed by atoms with van der Waals surface area (Å²) in [6.45, 7) is 9.62. The fourth-order valence-electron chi connectivity index (χ4n) is 5.11. The highest BCUT2D eigenvalue weighted by molar-refractivity contribution is 5.70. The van der Waals surface area contributed by atoms with Gasteiger partial charge in [0.15, 0.2) is 5.69 Å². The van der Waals surface area contributed by atoms with Crippen molar-refractivity contribution >= 4 is 5.97 Å². The van der Waals surface area contributed by atoms with Crippen LogP contribution in [0.5, 0.6) is 0 Å². The molecule has 0 spiro atoms. The zero-order chi connectivity index (χ0) is 25.9. The Bertz CT molecular complexity index is 1380. The van der Waals surface area contributed by atoms with Crippen LogP contribution in [0.2, 0.25) is 0 Å². The molecule has 0 atom stereocenters. The first-order chi connectivity index (χ1) is 17.9. The molecule has 2 aromatic carbocycles. The molecule has 0 bridgehead atoms. The Kier molecular flexibility index (Phi) is 7.19. The molecule has 4 aromatic rings. The lowest BCUT2D eigenvalue weighted by molar-refractivity contribution is -0.143. The molecule has 1 aliphatic rings. The Balaban J connectivity index is 1.31. The number of likely N-dealkylation sites (tertiary alicyclic amines) is 1. The van der Waals surface area contributed by atoms with Crippen LogP contribution in [0, 0.1) is 19.8 Å². The van der Waals surface area contributed by atoms with Gasteiger partial charge in [-0.25, -0.2) is 0 Å². The molecule has 0 unspecified atom stereocenters. The Labute approximate surface area is 216 Å². The van der Waals surface area contributed by atoms with Crippen molar-refractivity contribution in [3.05, 3.63) is 65.2 Å². The fraction of sp³-hybridized carbons (Fsp3) is 0.379. The van der Waals surface area contributed by atoms with E-state index >= 15 is 0 Å². The number of aryl methyl sites for hydroxylation is 3. The predicted octanol–water partition coefficient (Wildman–Crippen LogP) is 5.24. The number of rotatable bonds is 8. The summed E-state index contributed by atoms with van der Waals surface area (Å²) in [5.41, 5.74) is 7.31.